The van der Waals surface area contributed by atoms with Crippen LogP contribution in [0.15, 0.2) is 42.5 Å². The van der Waals surface area contributed by atoms with E-state index in [1.165, 1.54) is 12.1 Å². The van der Waals surface area contributed by atoms with Crippen LogP contribution in [0.25, 0.3) is 0 Å². The number of hydrogen-bond acceptors (Lipinski definition) is 3. The summed E-state index contributed by atoms with van der Waals surface area (Å²) in [5, 5.41) is 4.80. The van der Waals surface area contributed by atoms with Gasteiger partial charge in [0.1, 0.15) is 12.1 Å². The Hall–Kier alpha value is -2.73. The molecule has 1 aliphatic carbocycles. The van der Waals surface area contributed by atoms with Gasteiger partial charge < -0.3 is 15.4 Å². The topological polar surface area (TPSA) is 75.3 Å². The van der Waals surface area contributed by atoms with Gasteiger partial charge in [0.05, 0.1) is 11.1 Å². The van der Waals surface area contributed by atoms with Crippen molar-refractivity contribution in [3.63, 3.8) is 0 Å². The summed E-state index contributed by atoms with van der Waals surface area (Å²) in [6, 6.07) is 10.5. The van der Waals surface area contributed by atoms with E-state index in [-0.39, 0.29) is 10.7 Å². The number of nitrogens with one attached hydrogen (secondary N) is 2. The lowest BCUT2D eigenvalue weighted by molar-refractivity contribution is -0.137. The fourth-order valence-corrected chi connectivity index (χ4v) is 3.02. The predicted octanol–water partition coefficient (Wildman–Crippen LogP) is 2.65. The highest BCUT2D eigenvalue weighted by Crippen LogP contribution is 2.34. The molecule has 2 aromatic carbocycles. The first-order valence-electron chi connectivity index (χ1n) is 7.59. The summed E-state index contributed by atoms with van der Waals surface area (Å²) in [5.41, 5.74) is 1.89. The highest BCUT2D eigenvalue weighted by molar-refractivity contribution is 6.39. The maximum atomic E-state index is 13.4. The van der Waals surface area contributed by atoms with Gasteiger partial charge >= 0.3 is 11.8 Å². The molecule has 2 atom stereocenters. The zero-order chi connectivity index (χ0) is 18.0. The van der Waals surface area contributed by atoms with Gasteiger partial charge in [-0.05, 0) is 35.7 Å². The third-order valence-corrected chi connectivity index (χ3v) is 4.43. The molecule has 0 aliphatic heterocycles. The summed E-state index contributed by atoms with van der Waals surface area (Å²) >= 11 is 5.57. The van der Waals surface area contributed by atoms with Gasteiger partial charge in [-0.3, -0.25) is 9.59 Å². The Kier molecular flexibility index (Phi) is 4.81. The van der Waals surface area contributed by atoms with Crippen LogP contribution < -0.4 is 10.6 Å². The maximum absolute atomic E-state index is 13.4. The number of benzene rings is 2. The minimum absolute atomic E-state index is 0.0844. The van der Waals surface area contributed by atoms with Crippen molar-refractivity contribution < 1.29 is 18.8 Å². The number of carbonyl (C=O) groups excluding carboxylic acids is 3. The molecule has 7 heteroatoms. The number of amides is 2. The van der Waals surface area contributed by atoms with Crippen molar-refractivity contribution in [3.05, 3.63) is 64.4 Å². The third kappa shape index (κ3) is 3.53. The summed E-state index contributed by atoms with van der Waals surface area (Å²) in [6.45, 7) is 0. The van der Waals surface area contributed by atoms with E-state index in [0.717, 1.165) is 23.5 Å². The Morgan fingerprint density at radius 2 is 1.92 bits per heavy atom. The van der Waals surface area contributed by atoms with Crippen LogP contribution in [0.1, 0.15) is 17.2 Å². The van der Waals surface area contributed by atoms with Crippen LogP contribution in [0.2, 0.25) is 5.02 Å². The van der Waals surface area contributed by atoms with E-state index in [9.17, 15) is 18.8 Å². The van der Waals surface area contributed by atoms with E-state index < -0.39 is 29.6 Å². The van der Waals surface area contributed by atoms with Gasteiger partial charge in [-0.1, -0.05) is 35.9 Å². The van der Waals surface area contributed by atoms with Gasteiger partial charge in [0, 0.05) is 11.6 Å². The smallest absolute Gasteiger partial charge is 0.313 e. The number of rotatable bonds is 3. The van der Waals surface area contributed by atoms with Gasteiger partial charge in [-0.25, -0.2) is 4.39 Å². The van der Waals surface area contributed by atoms with Crippen LogP contribution in [0, 0.1) is 11.7 Å². The van der Waals surface area contributed by atoms with Crippen molar-refractivity contribution in [1.82, 2.24) is 5.32 Å². The van der Waals surface area contributed by atoms with Crippen LogP contribution >= 0.6 is 11.6 Å². The minimum Gasteiger partial charge on any atom is -0.340 e. The molecule has 2 amide bonds. The molecule has 3 rings (SSSR count). The van der Waals surface area contributed by atoms with Crippen molar-refractivity contribution in [1.29, 1.82) is 0 Å². The van der Waals surface area contributed by atoms with Gasteiger partial charge in [0.15, 0.2) is 0 Å². The number of halogens is 2. The van der Waals surface area contributed by atoms with Gasteiger partial charge in [0.25, 0.3) is 0 Å². The predicted molar refractivity (Wildman–Crippen MR) is 90.6 cm³/mol. The zero-order valence-corrected chi connectivity index (χ0v) is 13.7. The minimum atomic E-state index is -0.948. The van der Waals surface area contributed by atoms with Crippen molar-refractivity contribution in [2.75, 3.05) is 5.32 Å². The van der Waals surface area contributed by atoms with E-state index in [4.69, 9.17) is 11.6 Å². The largest absolute Gasteiger partial charge is 0.340 e. The van der Waals surface area contributed by atoms with Crippen LogP contribution in [0.5, 0.6) is 0 Å². The lowest BCUT2D eigenvalue weighted by atomic mass is 10.0. The molecule has 0 heterocycles. The number of fused-ring (bicyclic) bond motifs is 1. The van der Waals surface area contributed by atoms with Crippen molar-refractivity contribution >= 4 is 35.4 Å². The number of anilines is 1. The van der Waals surface area contributed by atoms with Crippen molar-refractivity contribution in [3.8, 4) is 0 Å². The van der Waals surface area contributed by atoms with Crippen LogP contribution in [0.4, 0.5) is 10.1 Å². The molecule has 0 aromatic heterocycles. The first-order valence-corrected chi connectivity index (χ1v) is 7.97. The van der Waals surface area contributed by atoms with Crippen molar-refractivity contribution in [2.45, 2.75) is 12.5 Å². The summed E-state index contributed by atoms with van der Waals surface area (Å²) in [6.07, 6.45) is 1.28. The molecular weight excluding hydrogens is 347 g/mol. The van der Waals surface area contributed by atoms with Gasteiger partial charge in [0.2, 0.25) is 0 Å². The Labute approximate surface area is 148 Å². The third-order valence-electron chi connectivity index (χ3n) is 4.12. The lowest BCUT2D eigenvalue weighted by Crippen LogP contribution is -2.39. The highest BCUT2D eigenvalue weighted by Gasteiger charge is 2.34. The molecule has 0 unspecified atom stereocenters. The first-order chi connectivity index (χ1) is 12.0. The second-order valence-electron chi connectivity index (χ2n) is 5.74. The Morgan fingerprint density at radius 1 is 1.16 bits per heavy atom. The lowest BCUT2D eigenvalue weighted by Gasteiger charge is -2.17. The molecular formula is C18H14ClFN2O3. The molecule has 0 saturated carbocycles. The van der Waals surface area contributed by atoms with E-state index in [0.29, 0.717) is 6.42 Å². The molecule has 128 valence electrons. The van der Waals surface area contributed by atoms with E-state index >= 15 is 0 Å². The second kappa shape index (κ2) is 7.03. The molecule has 25 heavy (non-hydrogen) atoms. The van der Waals surface area contributed by atoms with Gasteiger partial charge in [-0.2, -0.15) is 0 Å². The molecule has 2 N–H and O–H groups in total. The SMILES string of the molecule is O=C[C@H]1Cc2ccccc2[C@H]1NC(=O)C(=O)Nc1ccc(Cl)c(F)c1. The molecule has 0 radical (unpaired) electrons. The molecule has 1 aliphatic rings. The molecule has 0 spiro atoms. The van der Waals surface area contributed by atoms with Crippen LogP contribution in [-0.4, -0.2) is 18.1 Å². The quantitative estimate of drug-likeness (QED) is 0.652. The molecule has 2 aromatic rings. The summed E-state index contributed by atoms with van der Waals surface area (Å²) in [7, 11) is 0. The molecule has 0 saturated heterocycles. The number of hydrogen-bond donors (Lipinski definition) is 2. The highest BCUT2D eigenvalue weighted by atomic mass is 35.5. The molecule has 0 bridgehead atoms. The average molecular weight is 361 g/mol. The van der Waals surface area contributed by atoms with E-state index in [1.54, 1.807) is 0 Å². The molecule has 0 fully saturated rings. The fraction of sp³-hybridized carbons (Fsp3) is 0.167. The maximum Gasteiger partial charge on any atom is 0.313 e. The van der Waals surface area contributed by atoms with Crippen molar-refractivity contribution in [2.24, 2.45) is 5.92 Å². The van der Waals surface area contributed by atoms with Crippen LogP contribution in [-0.2, 0) is 20.8 Å². The summed E-state index contributed by atoms with van der Waals surface area (Å²) in [4.78, 5) is 35.5. The number of carbonyl (C=O) groups is 3. The standard InChI is InChI=1S/C18H14ClFN2O3/c19-14-6-5-12(8-15(14)20)21-17(24)18(25)22-16-11(9-23)7-10-3-1-2-4-13(10)16/h1-6,8-9,11,16H,7H2,(H,21,24)(H,22,25)/t11-,16+/m1/s1. The Morgan fingerprint density at radius 3 is 2.64 bits per heavy atom. The monoisotopic (exact) mass is 360 g/mol. The zero-order valence-electron chi connectivity index (χ0n) is 13.0. The van der Waals surface area contributed by atoms with E-state index in [1.807, 2.05) is 24.3 Å². The fourth-order valence-electron chi connectivity index (χ4n) is 2.91. The summed E-state index contributed by atoms with van der Waals surface area (Å²) in [5.74, 6) is -2.98. The van der Waals surface area contributed by atoms with Crippen LogP contribution in [0.3, 0.4) is 0 Å². The average Bonchev–Trinajstić information content (AvgIpc) is 2.96. The van der Waals surface area contributed by atoms with E-state index in [2.05, 4.69) is 10.6 Å². The first kappa shape index (κ1) is 17.1. The summed E-state index contributed by atoms with van der Waals surface area (Å²) < 4.78 is 13.4. The second-order valence-corrected chi connectivity index (χ2v) is 6.14. The Balaban J connectivity index is 1.71. The normalized spacial score (nSPS) is 18.3. The number of aldehydes is 1. The van der Waals surface area contributed by atoms with Gasteiger partial charge in [-0.15, -0.1) is 0 Å². The Bertz CT molecular complexity index is 856. The molecule has 5 nitrogen and oxygen atoms in total.